The van der Waals surface area contributed by atoms with Gasteiger partial charge in [-0.2, -0.15) is 0 Å². The predicted octanol–water partition coefficient (Wildman–Crippen LogP) is 3.34. The third-order valence-corrected chi connectivity index (χ3v) is 5.11. The highest BCUT2D eigenvalue weighted by molar-refractivity contribution is 8.01. The van der Waals surface area contributed by atoms with E-state index in [2.05, 4.69) is 5.32 Å². The van der Waals surface area contributed by atoms with Gasteiger partial charge >= 0.3 is 0 Å². The second-order valence-electron chi connectivity index (χ2n) is 5.46. The molecule has 1 atom stereocenters. The highest BCUT2D eigenvalue weighted by Gasteiger charge is 2.40. The van der Waals surface area contributed by atoms with E-state index in [1.165, 1.54) is 11.8 Å². The maximum atomic E-state index is 12.5. The number of carbonyl (C=O) groups excluding carboxylic acids is 3. The van der Waals surface area contributed by atoms with Crippen LogP contribution in [0.1, 0.15) is 6.42 Å². The zero-order valence-electron chi connectivity index (χ0n) is 13.1. The first-order chi connectivity index (χ1) is 12.0. The summed E-state index contributed by atoms with van der Waals surface area (Å²) in [6, 6.07) is 15.6. The summed E-state index contributed by atoms with van der Waals surface area (Å²) in [5.74, 6) is -0.674. The van der Waals surface area contributed by atoms with Crippen LogP contribution < -0.4 is 10.2 Å². The van der Waals surface area contributed by atoms with E-state index in [0.29, 0.717) is 16.4 Å². The van der Waals surface area contributed by atoms with Crippen molar-refractivity contribution in [2.24, 2.45) is 0 Å². The molecule has 3 amide bonds. The van der Waals surface area contributed by atoms with Gasteiger partial charge < -0.3 is 5.32 Å². The van der Waals surface area contributed by atoms with Crippen molar-refractivity contribution in [1.82, 2.24) is 0 Å². The number of hydrogen-bond donors (Lipinski definition) is 1. The molecule has 128 valence electrons. The van der Waals surface area contributed by atoms with Crippen molar-refractivity contribution in [3.63, 3.8) is 0 Å². The van der Waals surface area contributed by atoms with Gasteiger partial charge in [0.1, 0.15) is 0 Å². The number of benzene rings is 2. The van der Waals surface area contributed by atoms with E-state index in [-0.39, 0.29) is 29.9 Å². The molecule has 3 rings (SSSR count). The minimum atomic E-state index is -0.551. The van der Waals surface area contributed by atoms with E-state index < -0.39 is 5.25 Å². The molecule has 2 aromatic rings. The molecule has 2 aromatic carbocycles. The average molecular weight is 375 g/mol. The first kappa shape index (κ1) is 17.5. The molecule has 5 nitrogen and oxygen atoms in total. The van der Waals surface area contributed by atoms with Gasteiger partial charge in [-0.3, -0.25) is 14.4 Å². The maximum absolute atomic E-state index is 12.5. The molecule has 0 spiro atoms. The molecule has 1 aliphatic rings. The minimum Gasteiger partial charge on any atom is -0.325 e. The number of rotatable bonds is 5. The standard InChI is InChI=1S/C18H15ClN2O3S/c19-12-6-8-14(9-7-12)21-17(23)10-15(18(21)24)25-11-16(22)20-13-4-2-1-3-5-13/h1-9,15H,10-11H2,(H,20,22)/t15-/m1/s1. The predicted molar refractivity (Wildman–Crippen MR) is 99.9 cm³/mol. The van der Waals surface area contributed by atoms with E-state index in [0.717, 1.165) is 4.90 Å². The van der Waals surface area contributed by atoms with Crippen molar-refractivity contribution in [3.8, 4) is 0 Å². The van der Waals surface area contributed by atoms with Crippen molar-refractivity contribution in [2.45, 2.75) is 11.7 Å². The van der Waals surface area contributed by atoms with Gasteiger partial charge in [-0.15, -0.1) is 11.8 Å². The number of imide groups is 1. The number of anilines is 2. The summed E-state index contributed by atoms with van der Waals surface area (Å²) in [6.45, 7) is 0. The second kappa shape index (κ2) is 7.72. The molecule has 0 bridgehead atoms. The lowest BCUT2D eigenvalue weighted by Gasteiger charge is -2.15. The quantitative estimate of drug-likeness (QED) is 0.815. The number of hydrogen-bond acceptors (Lipinski definition) is 4. The normalized spacial score (nSPS) is 17.0. The summed E-state index contributed by atoms with van der Waals surface area (Å²) in [5.41, 5.74) is 1.20. The molecular formula is C18H15ClN2O3S. The lowest BCUT2D eigenvalue weighted by Crippen LogP contribution is -2.31. The molecule has 0 saturated carbocycles. The number of amides is 3. The van der Waals surface area contributed by atoms with Crippen LogP contribution in [0.2, 0.25) is 5.02 Å². The average Bonchev–Trinajstić information content (AvgIpc) is 2.89. The number of para-hydroxylation sites is 1. The van der Waals surface area contributed by atoms with Gasteiger partial charge in [0.15, 0.2) is 0 Å². The van der Waals surface area contributed by atoms with Crippen LogP contribution in [0.4, 0.5) is 11.4 Å². The van der Waals surface area contributed by atoms with Gasteiger partial charge in [-0.05, 0) is 36.4 Å². The third-order valence-electron chi connectivity index (χ3n) is 3.66. The SMILES string of the molecule is O=C(CS[C@@H]1CC(=O)N(c2ccc(Cl)cc2)C1=O)Nc1ccccc1. The van der Waals surface area contributed by atoms with Gasteiger partial charge in [0, 0.05) is 17.1 Å². The Morgan fingerprint density at radius 3 is 2.48 bits per heavy atom. The first-order valence-electron chi connectivity index (χ1n) is 7.63. The Bertz CT molecular complexity index is 796. The summed E-state index contributed by atoms with van der Waals surface area (Å²) >= 11 is 7.01. The van der Waals surface area contributed by atoms with Crippen molar-refractivity contribution in [2.75, 3.05) is 16.0 Å². The molecule has 0 unspecified atom stereocenters. The topological polar surface area (TPSA) is 66.5 Å². The molecule has 0 radical (unpaired) electrons. The summed E-state index contributed by atoms with van der Waals surface area (Å²) in [6.07, 6.45) is 0.0880. The number of carbonyl (C=O) groups is 3. The Kier molecular flexibility index (Phi) is 5.40. The molecule has 1 saturated heterocycles. The molecule has 1 heterocycles. The van der Waals surface area contributed by atoms with E-state index in [1.54, 1.807) is 36.4 Å². The smallest absolute Gasteiger partial charge is 0.247 e. The number of nitrogens with zero attached hydrogens (tertiary/aromatic N) is 1. The van der Waals surface area contributed by atoms with Crippen LogP contribution in [-0.4, -0.2) is 28.7 Å². The fraction of sp³-hybridized carbons (Fsp3) is 0.167. The van der Waals surface area contributed by atoms with Gasteiger partial charge in [-0.25, -0.2) is 4.90 Å². The molecule has 0 aromatic heterocycles. The molecule has 7 heteroatoms. The van der Waals surface area contributed by atoms with Crippen LogP contribution >= 0.6 is 23.4 Å². The highest BCUT2D eigenvalue weighted by atomic mass is 35.5. The number of thioether (sulfide) groups is 1. The number of halogens is 1. The van der Waals surface area contributed by atoms with Crippen molar-refractivity contribution < 1.29 is 14.4 Å². The van der Waals surface area contributed by atoms with Crippen LogP contribution in [0.5, 0.6) is 0 Å². The molecular weight excluding hydrogens is 360 g/mol. The van der Waals surface area contributed by atoms with E-state index in [1.807, 2.05) is 18.2 Å². The van der Waals surface area contributed by atoms with Crippen molar-refractivity contribution in [1.29, 1.82) is 0 Å². The molecule has 1 fully saturated rings. The Morgan fingerprint density at radius 2 is 1.80 bits per heavy atom. The first-order valence-corrected chi connectivity index (χ1v) is 9.06. The van der Waals surface area contributed by atoms with Gasteiger partial charge in [0.05, 0.1) is 16.7 Å². The molecule has 25 heavy (non-hydrogen) atoms. The fourth-order valence-corrected chi connectivity index (χ4v) is 3.55. The summed E-state index contributed by atoms with van der Waals surface area (Å²) in [7, 11) is 0. The molecule has 0 aliphatic carbocycles. The van der Waals surface area contributed by atoms with Gasteiger partial charge in [0.25, 0.3) is 0 Å². The Morgan fingerprint density at radius 1 is 1.12 bits per heavy atom. The zero-order chi connectivity index (χ0) is 17.8. The second-order valence-corrected chi connectivity index (χ2v) is 7.09. The minimum absolute atomic E-state index is 0.0880. The maximum Gasteiger partial charge on any atom is 0.247 e. The zero-order valence-corrected chi connectivity index (χ0v) is 14.7. The van der Waals surface area contributed by atoms with Gasteiger partial charge in [0.2, 0.25) is 17.7 Å². The van der Waals surface area contributed by atoms with Crippen LogP contribution in [-0.2, 0) is 14.4 Å². The van der Waals surface area contributed by atoms with Crippen LogP contribution in [0.25, 0.3) is 0 Å². The lowest BCUT2D eigenvalue weighted by molar-refractivity contribution is -0.121. The Hall–Kier alpha value is -2.31. The lowest BCUT2D eigenvalue weighted by atomic mass is 10.3. The summed E-state index contributed by atoms with van der Waals surface area (Å²) in [4.78, 5) is 37.8. The molecule has 1 aliphatic heterocycles. The van der Waals surface area contributed by atoms with E-state index in [9.17, 15) is 14.4 Å². The van der Waals surface area contributed by atoms with Crippen LogP contribution in [0.15, 0.2) is 54.6 Å². The highest BCUT2D eigenvalue weighted by Crippen LogP contribution is 2.30. The van der Waals surface area contributed by atoms with Crippen molar-refractivity contribution in [3.05, 3.63) is 59.6 Å². The third kappa shape index (κ3) is 4.21. The Labute approximate surface area is 154 Å². The fourth-order valence-electron chi connectivity index (χ4n) is 2.49. The van der Waals surface area contributed by atoms with Gasteiger partial charge in [-0.1, -0.05) is 29.8 Å². The summed E-state index contributed by atoms with van der Waals surface area (Å²) < 4.78 is 0. The van der Waals surface area contributed by atoms with Crippen molar-refractivity contribution >= 4 is 52.5 Å². The van der Waals surface area contributed by atoms with E-state index in [4.69, 9.17) is 11.6 Å². The van der Waals surface area contributed by atoms with Crippen LogP contribution in [0, 0.1) is 0 Å². The largest absolute Gasteiger partial charge is 0.325 e. The van der Waals surface area contributed by atoms with E-state index >= 15 is 0 Å². The summed E-state index contributed by atoms with van der Waals surface area (Å²) in [5, 5.41) is 2.74. The Balaban J connectivity index is 1.59. The monoisotopic (exact) mass is 374 g/mol. The van der Waals surface area contributed by atoms with Crippen LogP contribution in [0.3, 0.4) is 0 Å². The molecule has 1 N–H and O–H groups in total. The number of nitrogens with one attached hydrogen (secondary N) is 1.